The van der Waals surface area contributed by atoms with Crippen molar-refractivity contribution in [1.29, 1.82) is 0 Å². The molecule has 0 spiro atoms. The minimum Gasteiger partial charge on any atom is -0.350 e. The van der Waals surface area contributed by atoms with Gasteiger partial charge in [-0.1, -0.05) is 23.7 Å². The summed E-state index contributed by atoms with van der Waals surface area (Å²) in [7, 11) is 0. The molecule has 0 saturated carbocycles. The van der Waals surface area contributed by atoms with Crippen LogP contribution in [0.25, 0.3) is 0 Å². The van der Waals surface area contributed by atoms with E-state index in [1.165, 1.54) is 0 Å². The molecule has 1 fully saturated rings. The van der Waals surface area contributed by atoms with E-state index >= 15 is 0 Å². The third kappa shape index (κ3) is 3.24. The van der Waals surface area contributed by atoms with Crippen LogP contribution in [0.3, 0.4) is 0 Å². The van der Waals surface area contributed by atoms with Gasteiger partial charge in [-0.05, 0) is 24.6 Å². The molecule has 0 radical (unpaired) electrons. The average molecular weight is 299 g/mol. The first-order valence-corrected chi connectivity index (χ1v) is 6.53. The van der Waals surface area contributed by atoms with Crippen LogP contribution in [0.4, 0.5) is 0 Å². The number of hydrogen-bond acceptors (Lipinski definition) is 5. The molecule has 1 aromatic rings. The summed E-state index contributed by atoms with van der Waals surface area (Å²) in [4.78, 5) is 22.5. The van der Waals surface area contributed by atoms with Crippen LogP contribution in [-0.2, 0) is 11.3 Å². The Bertz CT molecular complexity index is 525. The number of nitrogens with zero attached hydrogens (tertiary/aromatic N) is 1. The van der Waals surface area contributed by atoms with Crippen LogP contribution in [0.15, 0.2) is 24.3 Å². The molecule has 1 saturated heterocycles. The molecule has 3 N–H and O–H groups in total. The lowest BCUT2D eigenvalue weighted by atomic mass is 10.0. The Morgan fingerprint density at radius 1 is 1.50 bits per heavy atom. The Morgan fingerprint density at radius 2 is 2.25 bits per heavy atom. The molecule has 3 unspecified atom stereocenters. The summed E-state index contributed by atoms with van der Waals surface area (Å²) in [6.45, 7) is 1.93. The number of carbonyl (C=O) groups is 1. The van der Waals surface area contributed by atoms with Gasteiger partial charge in [0.05, 0.1) is 6.04 Å². The van der Waals surface area contributed by atoms with Crippen LogP contribution in [0.2, 0.25) is 5.02 Å². The summed E-state index contributed by atoms with van der Waals surface area (Å²) < 4.78 is 0. The second kappa shape index (κ2) is 6.17. The Balaban J connectivity index is 1.96. The first kappa shape index (κ1) is 14.7. The van der Waals surface area contributed by atoms with E-state index in [0.717, 1.165) is 5.56 Å². The summed E-state index contributed by atoms with van der Waals surface area (Å²) in [6.07, 6.45) is 0. The number of hydrogen-bond donors (Lipinski definition) is 3. The molecule has 1 amide bonds. The second-order valence-electron chi connectivity index (χ2n) is 4.68. The molecule has 0 bridgehead atoms. The van der Waals surface area contributed by atoms with Gasteiger partial charge in [-0.25, -0.2) is 10.9 Å². The zero-order valence-electron chi connectivity index (χ0n) is 10.8. The van der Waals surface area contributed by atoms with Crippen molar-refractivity contribution in [3.63, 3.8) is 0 Å². The van der Waals surface area contributed by atoms with Gasteiger partial charge < -0.3 is 5.32 Å². The van der Waals surface area contributed by atoms with E-state index in [9.17, 15) is 14.9 Å². The number of halogens is 1. The molecule has 1 aromatic carbocycles. The van der Waals surface area contributed by atoms with Gasteiger partial charge in [-0.15, -0.1) is 0 Å². The number of benzene rings is 1. The molecule has 1 aliphatic heterocycles. The Hall–Kier alpha value is -1.70. The highest BCUT2D eigenvalue weighted by Gasteiger charge is 2.46. The van der Waals surface area contributed by atoms with Crippen molar-refractivity contribution in [3.05, 3.63) is 45.0 Å². The molecule has 2 rings (SSSR count). The summed E-state index contributed by atoms with van der Waals surface area (Å²) in [6, 6.07) is 4.77. The van der Waals surface area contributed by atoms with Gasteiger partial charge in [-0.3, -0.25) is 14.9 Å². The van der Waals surface area contributed by atoms with E-state index in [4.69, 9.17) is 11.6 Å². The molecular formula is C12H15ClN4O3. The molecule has 3 atom stereocenters. The van der Waals surface area contributed by atoms with E-state index in [0.29, 0.717) is 5.02 Å². The van der Waals surface area contributed by atoms with Crippen molar-refractivity contribution in [2.24, 2.45) is 0 Å². The number of rotatable bonds is 4. The highest BCUT2D eigenvalue weighted by atomic mass is 35.5. The van der Waals surface area contributed by atoms with Crippen LogP contribution in [0, 0.1) is 10.1 Å². The zero-order valence-corrected chi connectivity index (χ0v) is 11.6. The predicted octanol–water partition coefficient (Wildman–Crippen LogP) is 0.466. The SMILES string of the molecule is CC1NNC(C(=O)NCc2cccc(Cl)c2)C1[N+](=O)[O-]. The molecule has 1 aliphatic rings. The van der Waals surface area contributed by atoms with Gasteiger partial charge in [0.2, 0.25) is 5.91 Å². The maximum absolute atomic E-state index is 12.0. The minimum atomic E-state index is -0.991. The summed E-state index contributed by atoms with van der Waals surface area (Å²) in [5, 5.41) is 14.2. The van der Waals surface area contributed by atoms with Crippen molar-refractivity contribution >= 4 is 17.5 Å². The van der Waals surface area contributed by atoms with Crippen LogP contribution in [0.5, 0.6) is 0 Å². The molecule has 7 nitrogen and oxygen atoms in total. The van der Waals surface area contributed by atoms with E-state index in [2.05, 4.69) is 16.2 Å². The molecular weight excluding hydrogens is 284 g/mol. The smallest absolute Gasteiger partial charge is 0.254 e. The molecule has 1 heterocycles. The lowest BCUT2D eigenvalue weighted by Crippen LogP contribution is -2.49. The average Bonchev–Trinajstić information content (AvgIpc) is 2.78. The molecule has 20 heavy (non-hydrogen) atoms. The van der Waals surface area contributed by atoms with Gasteiger partial charge in [0.15, 0.2) is 6.04 Å². The second-order valence-corrected chi connectivity index (χ2v) is 5.12. The van der Waals surface area contributed by atoms with Gasteiger partial charge in [0, 0.05) is 16.5 Å². The van der Waals surface area contributed by atoms with Crippen LogP contribution >= 0.6 is 11.6 Å². The number of hydrazine groups is 1. The maximum atomic E-state index is 12.0. The molecule has 8 heteroatoms. The fourth-order valence-electron chi connectivity index (χ4n) is 2.15. The summed E-state index contributed by atoms with van der Waals surface area (Å²) in [5.41, 5.74) is 6.21. The fourth-order valence-corrected chi connectivity index (χ4v) is 2.36. The Labute approximate surface area is 120 Å². The lowest BCUT2D eigenvalue weighted by Gasteiger charge is -2.13. The van der Waals surface area contributed by atoms with E-state index in [1.54, 1.807) is 25.1 Å². The van der Waals surface area contributed by atoms with Crippen molar-refractivity contribution in [2.75, 3.05) is 0 Å². The number of carbonyl (C=O) groups excluding carboxylic acids is 1. The third-order valence-corrected chi connectivity index (χ3v) is 3.44. The van der Waals surface area contributed by atoms with Crippen LogP contribution in [-0.4, -0.2) is 29.0 Å². The van der Waals surface area contributed by atoms with Crippen LogP contribution in [0.1, 0.15) is 12.5 Å². The first-order chi connectivity index (χ1) is 9.49. The zero-order chi connectivity index (χ0) is 14.7. The molecule has 0 aromatic heterocycles. The highest BCUT2D eigenvalue weighted by molar-refractivity contribution is 6.30. The van der Waals surface area contributed by atoms with Crippen LogP contribution < -0.4 is 16.2 Å². The number of nitro groups is 1. The quantitative estimate of drug-likeness (QED) is 0.554. The van der Waals surface area contributed by atoms with Crippen molar-refractivity contribution in [1.82, 2.24) is 16.2 Å². The van der Waals surface area contributed by atoms with Crippen molar-refractivity contribution in [3.8, 4) is 0 Å². The number of amides is 1. The largest absolute Gasteiger partial charge is 0.350 e. The topological polar surface area (TPSA) is 96.3 Å². The maximum Gasteiger partial charge on any atom is 0.254 e. The van der Waals surface area contributed by atoms with Gasteiger partial charge >= 0.3 is 0 Å². The minimum absolute atomic E-state index is 0.274. The van der Waals surface area contributed by atoms with Crippen molar-refractivity contribution < 1.29 is 9.72 Å². The van der Waals surface area contributed by atoms with Gasteiger partial charge in [-0.2, -0.15) is 0 Å². The van der Waals surface area contributed by atoms with Crippen molar-refractivity contribution in [2.45, 2.75) is 31.6 Å². The Morgan fingerprint density at radius 3 is 2.90 bits per heavy atom. The van der Waals surface area contributed by atoms with E-state index in [1.807, 2.05) is 6.07 Å². The molecule has 0 aliphatic carbocycles. The summed E-state index contributed by atoms with van der Waals surface area (Å²) in [5.74, 6) is -0.413. The highest BCUT2D eigenvalue weighted by Crippen LogP contribution is 2.12. The normalized spacial score (nSPS) is 25.4. The number of nitrogens with one attached hydrogen (secondary N) is 3. The van der Waals surface area contributed by atoms with E-state index in [-0.39, 0.29) is 6.54 Å². The fraction of sp³-hybridized carbons (Fsp3) is 0.417. The van der Waals surface area contributed by atoms with Gasteiger partial charge in [0.25, 0.3) is 6.04 Å². The third-order valence-electron chi connectivity index (χ3n) is 3.20. The lowest BCUT2D eigenvalue weighted by molar-refractivity contribution is -0.523. The van der Waals surface area contributed by atoms with Gasteiger partial charge in [0.1, 0.15) is 0 Å². The Kier molecular flexibility index (Phi) is 4.53. The monoisotopic (exact) mass is 298 g/mol. The predicted molar refractivity (Wildman–Crippen MR) is 73.6 cm³/mol. The first-order valence-electron chi connectivity index (χ1n) is 6.15. The summed E-state index contributed by atoms with van der Waals surface area (Å²) >= 11 is 5.85. The van der Waals surface area contributed by atoms with E-state index < -0.39 is 29.0 Å². The molecule has 108 valence electrons. The standard InChI is InChI=1S/C12H15ClN4O3/c1-7-11(17(19)20)10(16-15-7)12(18)14-6-8-3-2-4-9(13)5-8/h2-5,7,10-11,15-16H,6H2,1H3,(H,14,18).